The number of aromatic carboxylic acids is 1. The molecule has 8 heteroatoms. The van der Waals surface area contributed by atoms with Crippen LogP contribution in [0.5, 0.6) is 0 Å². The van der Waals surface area contributed by atoms with E-state index in [1.165, 1.54) is 6.92 Å². The molecule has 0 aromatic carbocycles. The molecule has 21 heavy (non-hydrogen) atoms. The molecule has 0 fully saturated rings. The molecular weight excluding hydrogens is 289 g/mol. The molecule has 2 unspecified atom stereocenters. The Hall–Kier alpha value is -2.12. The molecule has 0 aliphatic heterocycles. The highest BCUT2D eigenvalue weighted by molar-refractivity contribution is 5.94. The predicted octanol–water partition coefficient (Wildman–Crippen LogP) is 2.49. The predicted molar refractivity (Wildman–Crippen MR) is 68.0 cm³/mol. The zero-order valence-electron chi connectivity index (χ0n) is 11.4. The van der Waals surface area contributed by atoms with Gasteiger partial charge in [0.05, 0.1) is 5.56 Å². The molecule has 0 radical (unpaired) electrons. The third-order valence-corrected chi connectivity index (χ3v) is 3.10. The third-order valence-electron chi connectivity index (χ3n) is 3.10. The Balaban J connectivity index is 2.89. The third kappa shape index (κ3) is 4.44. The van der Waals surface area contributed by atoms with Crippen LogP contribution in [0.25, 0.3) is 0 Å². The van der Waals surface area contributed by atoms with Gasteiger partial charge in [-0.1, -0.05) is 20.3 Å². The maximum absolute atomic E-state index is 12.9. The molecule has 5 nitrogen and oxygen atoms in total. The monoisotopic (exact) mass is 304 g/mol. The van der Waals surface area contributed by atoms with Gasteiger partial charge in [0.2, 0.25) is 0 Å². The molecule has 1 aromatic heterocycles. The fraction of sp³-hybridized carbons (Fsp3) is 0.462. The molecule has 0 aliphatic carbocycles. The summed E-state index contributed by atoms with van der Waals surface area (Å²) in [4.78, 5) is 26.0. The number of aromatic nitrogens is 1. The van der Waals surface area contributed by atoms with E-state index in [2.05, 4.69) is 4.98 Å². The van der Waals surface area contributed by atoms with Gasteiger partial charge in [-0.05, 0) is 18.1 Å². The summed E-state index contributed by atoms with van der Waals surface area (Å²) in [5, 5.41) is 10.6. The number of alkyl halides is 3. The highest BCUT2D eigenvalue weighted by atomic mass is 19.4. The highest BCUT2D eigenvalue weighted by Crippen LogP contribution is 2.27. The van der Waals surface area contributed by atoms with Crippen molar-refractivity contribution in [3.8, 4) is 0 Å². The van der Waals surface area contributed by atoms with Gasteiger partial charge in [0.25, 0.3) is 5.91 Å². The van der Waals surface area contributed by atoms with Crippen LogP contribution < -0.4 is 5.32 Å². The Kier molecular flexibility index (Phi) is 5.28. The van der Waals surface area contributed by atoms with Gasteiger partial charge in [0, 0.05) is 6.20 Å². The van der Waals surface area contributed by atoms with E-state index in [-0.39, 0.29) is 17.7 Å². The van der Waals surface area contributed by atoms with Crippen LogP contribution in [0.15, 0.2) is 18.3 Å². The van der Waals surface area contributed by atoms with Crippen molar-refractivity contribution in [2.75, 3.05) is 0 Å². The quantitative estimate of drug-likeness (QED) is 0.876. The number of rotatable bonds is 5. The van der Waals surface area contributed by atoms with Crippen molar-refractivity contribution in [1.82, 2.24) is 10.3 Å². The lowest BCUT2D eigenvalue weighted by atomic mass is 9.98. The molecule has 0 saturated heterocycles. The van der Waals surface area contributed by atoms with Crippen LogP contribution in [0, 0.1) is 5.92 Å². The highest BCUT2D eigenvalue weighted by Gasteiger charge is 2.43. The van der Waals surface area contributed by atoms with E-state index in [1.54, 1.807) is 6.92 Å². The number of hydrogen-bond donors (Lipinski definition) is 2. The summed E-state index contributed by atoms with van der Waals surface area (Å²) in [6, 6.07) is 0.204. The Bertz CT molecular complexity index is 514. The summed E-state index contributed by atoms with van der Waals surface area (Å²) in [7, 11) is 0. The summed E-state index contributed by atoms with van der Waals surface area (Å²) in [5.41, 5.74) is -0.418. The first-order chi connectivity index (χ1) is 9.66. The zero-order valence-corrected chi connectivity index (χ0v) is 11.4. The standard InChI is InChI=1S/C13H15F3N2O3/c1-3-7(2)10(13(14,15)16)18-11(19)9-5-4-8(6-17-9)12(20)21/h4-7,10H,3H2,1-2H3,(H,18,19)(H,20,21). The molecule has 0 aliphatic rings. The maximum atomic E-state index is 12.9. The van der Waals surface area contributed by atoms with Gasteiger partial charge in [0.15, 0.2) is 0 Å². The van der Waals surface area contributed by atoms with E-state index >= 15 is 0 Å². The van der Waals surface area contributed by atoms with Crippen LogP contribution in [-0.4, -0.2) is 34.2 Å². The largest absolute Gasteiger partial charge is 0.478 e. The van der Waals surface area contributed by atoms with Crippen LogP contribution >= 0.6 is 0 Å². The zero-order chi connectivity index (χ0) is 16.2. The summed E-state index contributed by atoms with van der Waals surface area (Å²) >= 11 is 0. The molecule has 0 spiro atoms. The van der Waals surface area contributed by atoms with Gasteiger partial charge < -0.3 is 10.4 Å². The van der Waals surface area contributed by atoms with E-state index < -0.39 is 30.0 Å². The smallest absolute Gasteiger partial charge is 0.408 e. The lowest BCUT2D eigenvalue weighted by Gasteiger charge is -2.26. The second-order valence-corrected chi connectivity index (χ2v) is 4.62. The first kappa shape index (κ1) is 16.9. The average molecular weight is 304 g/mol. The molecule has 1 amide bonds. The second kappa shape index (κ2) is 6.55. The second-order valence-electron chi connectivity index (χ2n) is 4.62. The molecule has 1 aromatic rings. The van der Waals surface area contributed by atoms with Gasteiger partial charge in [-0.15, -0.1) is 0 Å². The number of halogens is 3. The number of carbonyl (C=O) groups is 2. The summed E-state index contributed by atoms with van der Waals surface area (Å²) < 4.78 is 38.7. The first-order valence-electron chi connectivity index (χ1n) is 6.23. The van der Waals surface area contributed by atoms with Crippen LogP contribution in [0.4, 0.5) is 13.2 Å². The normalized spacial score (nSPS) is 14.3. The minimum absolute atomic E-state index is 0.152. The van der Waals surface area contributed by atoms with Gasteiger partial charge in [-0.2, -0.15) is 13.2 Å². The molecule has 2 atom stereocenters. The minimum atomic E-state index is -4.56. The number of hydrogen-bond acceptors (Lipinski definition) is 3. The van der Waals surface area contributed by atoms with Crippen LogP contribution in [0.3, 0.4) is 0 Å². The van der Waals surface area contributed by atoms with Gasteiger partial charge in [-0.25, -0.2) is 4.79 Å². The number of carboxylic acids is 1. The topological polar surface area (TPSA) is 79.3 Å². The van der Waals surface area contributed by atoms with Crippen molar-refractivity contribution in [3.05, 3.63) is 29.6 Å². The van der Waals surface area contributed by atoms with E-state index in [4.69, 9.17) is 5.11 Å². The van der Waals surface area contributed by atoms with Crippen molar-refractivity contribution in [1.29, 1.82) is 0 Å². The van der Waals surface area contributed by atoms with Gasteiger partial charge >= 0.3 is 12.1 Å². The van der Waals surface area contributed by atoms with Crippen molar-refractivity contribution >= 4 is 11.9 Å². The van der Waals surface area contributed by atoms with Crippen molar-refractivity contribution in [3.63, 3.8) is 0 Å². The minimum Gasteiger partial charge on any atom is -0.478 e. The fourth-order valence-electron chi connectivity index (χ4n) is 1.65. The summed E-state index contributed by atoms with van der Waals surface area (Å²) in [6.07, 6.45) is -3.40. The molecule has 116 valence electrons. The van der Waals surface area contributed by atoms with Crippen molar-refractivity contribution < 1.29 is 27.9 Å². The Morgan fingerprint density at radius 3 is 2.38 bits per heavy atom. The van der Waals surface area contributed by atoms with E-state index in [1.807, 2.05) is 5.32 Å². The van der Waals surface area contributed by atoms with Crippen molar-refractivity contribution in [2.45, 2.75) is 32.5 Å². The molecule has 0 bridgehead atoms. The number of nitrogens with one attached hydrogen (secondary N) is 1. The van der Waals surface area contributed by atoms with Crippen LogP contribution in [0.1, 0.15) is 41.1 Å². The Morgan fingerprint density at radius 2 is 2.00 bits per heavy atom. The lowest BCUT2D eigenvalue weighted by molar-refractivity contribution is -0.164. The van der Waals surface area contributed by atoms with E-state index in [0.29, 0.717) is 0 Å². The maximum Gasteiger partial charge on any atom is 0.408 e. The molecule has 0 saturated carbocycles. The number of carbonyl (C=O) groups excluding carboxylic acids is 1. The molecule has 1 heterocycles. The SMILES string of the molecule is CCC(C)C(NC(=O)c1ccc(C(=O)O)cn1)C(F)(F)F. The average Bonchev–Trinajstić information content (AvgIpc) is 2.42. The summed E-state index contributed by atoms with van der Waals surface area (Å²) in [5.74, 6) is -3.01. The first-order valence-corrected chi connectivity index (χ1v) is 6.23. The number of pyridine rings is 1. The fourth-order valence-corrected chi connectivity index (χ4v) is 1.65. The number of nitrogens with zero attached hydrogens (tertiary/aromatic N) is 1. The Morgan fingerprint density at radius 1 is 1.38 bits per heavy atom. The molecule has 2 N–H and O–H groups in total. The lowest BCUT2D eigenvalue weighted by Crippen LogP contribution is -2.49. The van der Waals surface area contributed by atoms with E-state index in [9.17, 15) is 22.8 Å². The number of amides is 1. The van der Waals surface area contributed by atoms with E-state index in [0.717, 1.165) is 18.3 Å². The van der Waals surface area contributed by atoms with Crippen LogP contribution in [-0.2, 0) is 0 Å². The van der Waals surface area contributed by atoms with Crippen LogP contribution in [0.2, 0.25) is 0 Å². The Labute approximate surface area is 119 Å². The van der Waals surface area contributed by atoms with Gasteiger partial charge in [-0.3, -0.25) is 9.78 Å². The molecule has 1 rings (SSSR count). The van der Waals surface area contributed by atoms with Crippen molar-refractivity contribution in [2.24, 2.45) is 5.92 Å². The number of carboxylic acid groups (broad SMARTS) is 1. The van der Waals surface area contributed by atoms with Gasteiger partial charge in [0.1, 0.15) is 11.7 Å². The summed E-state index contributed by atoms with van der Waals surface area (Å²) in [6.45, 7) is 2.98. The molecular formula is C13H15F3N2O3.